The van der Waals surface area contributed by atoms with Gasteiger partial charge in [0.05, 0.1) is 5.92 Å². The Morgan fingerprint density at radius 3 is 3.00 bits per heavy atom. The van der Waals surface area contributed by atoms with Crippen molar-refractivity contribution in [2.24, 2.45) is 0 Å². The predicted molar refractivity (Wildman–Crippen MR) is 65.7 cm³/mol. The number of benzene rings is 1. The zero-order valence-electron chi connectivity index (χ0n) is 9.36. The van der Waals surface area contributed by atoms with E-state index in [1.165, 1.54) is 0 Å². The Morgan fingerprint density at radius 1 is 1.62 bits per heavy atom. The molecule has 0 aromatic heterocycles. The smallest absolute Gasteiger partial charge is 0.227 e. The van der Waals surface area contributed by atoms with Crippen LogP contribution in [0.1, 0.15) is 24.8 Å². The summed E-state index contributed by atoms with van der Waals surface area (Å²) in [4.78, 5) is 11.7. The second-order valence-electron chi connectivity index (χ2n) is 3.64. The van der Waals surface area contributed by atoms with Crippen LogP contribution in [0.4, 0.5) is 5.69 Å². The number of nitrogens with one attached hydrogen (secondary N) is 1. The van der Waals surface area contributed by atoms with Crippen molar-refractivity contribution < 1.29 is 4.79 Å². The molecule has 0 aliphatic rings. The number of terminal acetylenes is 1. The molecule has 3 N–H and O–H groups in total. The van der Waals surface area contributed by atoms with Crippen LogP contribution < -0.4 is 11.1 Å². The minimum absolute atomic E-state index is 0.0270. The van der Waals surface area contributed by atoms with Gasteiger partial charge in [0, 0.05) is 18.7 Å². The molecule has 1 unspecified atom stereocenters. The summed E-state index contributed by atoms with van der Waals surface area (Å²) in [6.45, 7) is 2.36. The lowest BCUT2D eigenvalue weighted by molar-refractivity contribution is -0.122. The van der Waals surface area contributed by atoms with Crippen molar-refractivity contribution in [3.05, 3.63) is 29.8 Å². The lowest BCUT2D eigenvalue weighted by Crippen LogP contribution is -2.28. The monoisotopic (exact) mass is 216 g/mol. The van der Waals surface area contributed by atoms with Gasteiger partial charge in [0.1, 0.15) is 0 Å². The van der Waals surface area contributed by atoms with E-state index in [9.17, 15) is 4.79 Å². The first-order chi connectivity index (χ1) is 7.65. The molecule has 1 aromatic carbocycles. The Morgan fingerprint density at radius 2 is 2.38 bits per heavy atom. The first kappa shape index (κ1) is 12.1. The Kier molecular flexibility index (Phi) is 4.41. The Bertz CT molecular complexity index is 407. The van der Waals surface area contributed by atoms with E-state index in [-0.39, 0.29) is 11.8 Å². The third-order valence-corrected chi connectivity index (χ3v) is 2.37. The van der Waals surface area contributed by atoms with Crippen LogP contribution in [0.15, 0.2) is 24.3 Å². The topological polar surface area (TPSA) is 55.1 Å². The van der Waals surface area contributed by atoms with Crippen molar-refractivity contribution in [1.29, 1.82) is 0 Å². The summed E-state index contributed by atoms with van der Waals surface area (Å²) in [5.74, 6) is 2.24. The molecule has 0 spiro atoms. The Balaban J connectivity index is 2.60. The molecule has 16 heavy (non-hydrogen) atoms. The van der Waals surface area contributed by atoms with E-state index >= 15 is 0 Å². The molecule has 0 aliphatic heterocycles. The van der Waals surface area contributed by atoms with Crippen molar-refractivity contribution in [2.75, 3.05) is 12.3 Å². The molecular weight excluding hydrogens is 200 g/mol. The standard InChI is InChI=1S/C13H16N2O/c1-3-4-8-15-13(16)10(2)11-6-5-7-12(14)9-11/h1,5-7,9-10H,4,8,14H2,2H3,(H,15,16). The maximum atomic E-state index is 11.7. The molecule has 0 saturated carbocycles. The molecule has 0 radical (unpaired) electrons. The van der Waals surface area contributed by atoms with E-state index < -0.39 is 0 Å². The minimum Gasteiger partial charge on any atom is -0.399 e. The van der Waals surface area contributed by atoms with Crippen LogP contribution in [0.2, 0.25) is 0 Å². The molecule has 1 rings (SSSR count). The first-order valence-corrected chi connectivity index (χ1v) is 5.21. The van der Waals surface area contributed by atoms with Gasteiger partial charge < -0.3 is 11.1 Å². The summed E-state index contributed by atoms with van der Waals surface area (Å²) >= 11 is 0. The van der Waals surface area contributed by atoms with Crippen molar-refractivity contribution in [2.45, 2.75) is 19.3 Å². The van der Waals surface area contributed by atoms with Crippen LogP contribution in [-0.2, 0) is 4.79 Å². The van der Waals surface area contributed by atoms with Crippen molar-refractivity contribution in [1.82, 2.24) is 5.32 Å². The highest BCUT2D eigenvalue weighted by Gasteiger charge is 2.14. The molecule has 1 atom stereocenters. The van der Waals surface area contributed by atoms with Gasteiger partial charge in [-0.2, -0.15) is 0 Å². The van der Waals surface area contributed by atoms with Crippen LogP contribution in [0.25, 0.3) is 0 Å². The summed E-state index contributed by atoms with van der Waals surface area (Å²) in [6, 6.07) is 7.34. The SMILES string of the molecule is C#CCCNC(=O)C(C)c1cccc(N)c1. The number of carbonyl (C=O) groups excluding carboxylic acids is 1. The molecule has 0 fully saturated rings. The molecular formula is C13H16N2O. The van der Waals surface area contributed by atoms with Crippen LogP contribution in [-0.4, -0.2) is 12.5 Å². The van der Waals surface area contributed by atoms with Crippen LogP contribution in [0, 0.1) is 12.3 Å². The van der Waals surface area contributed by atoms with E-state index in [4.69, 9.17) is 12.2 Å². The van der Waals surface area contributed by atoms with Gasteiger partial charge in [-0.15, -0.1) is 12.3 Å². The quantitative estimate of drug-likeness (QED) is 0.455. The molecule has 0 heterocycles. The number of hydrogen-bond donors (Lipinski definition) is 2. The minimum atomic E-state index is -0.207. The number of anilines is 1. The van der Waals surface area contributed by atoms with Gasteiger partial charge in [-0.25, -0.2) is 0 Å². The van der Waals surface area contributed by atoms with Crippen LogP contribution in [0.3, 0.4) is 0 Å². The van der Waals surface area contributed by atoms with E-state index in [0.717, 1.165) is 5.56 Å². The molecule has 0 bridgehead atoms. The third kappa shape index (κ3) is 3.32. The molecule has 3 heteroatoms. The summed E-state index contributed by atoms with van der Waals surface area (Å²) in [5, 5.41) is 2.78. The maximum Gasteiger partial charge on any atom is 0.227 e. The van der Waals surface area contributed by atoms with Gasteiger partial charge in [-0.05, 0) is 24.6 Å². The van der Waals surface area contributed by atoms with Crippen molar-refractivity contribution in [3.8, 4) is 12.3 Å². The zero-order valence-corrected chi connectivity index (χ0v) is 9.36. The highest BCUT2D eigenvalue weighted by molar-refractivity contribution is 5.83. The molecule has 1 aromatic rings. The molecule has 3 nitrogen and oxygen atoms in total. The van der Waals surface area contributed by atoms with Gasteiger partial charge in [-0.1, -0.05) is 12.1 Å². The third-order valence-electron chi connectivity index (χ3n) is 2.37. The second-order valence-corrected chi connectivity index (χ2v) is 3.64. The molecule has 0 saturated heterocycles. The van der Waals surface area contributed by atoms with E-state index in [1.54, 1.807) is 6.07 Å². The fraction of sp³-hybridized carbons (Fsp3) is 0.308. The number of rotatable bonds is 4. The highest BCUT2D eigenvalue weighted by Crippen LogP contribution is 2.17. The van der Waals surface area contributed by atoms with Gasteiger partial charge in [0.15, 0.2) is 0 Å². The van der Waals surface area contributed by atoms with Crippen LogP contribution >= 0.6 is 0 Å². The number of carbonyl (C=O) groups is 1. The van der Waals surface area contributed by atoms with Gasteiger partial charge in [0.25, 0.3) is 0 Å². The van der Waals surface area contributed by atoms with Gasteiger partial charge >= 0.3 is 0 Å². The number of nitrogens with two attached hydrogens (primary N) is 1. The summed E-state index contributed by atoms with van der Waals surface area (Å²) in [7, 11) is 0. The first-order valence-electron chi connectivity index (χ1n) is 5.21. The lowest BCUT2D eigenvalue weighted by Gasteiger charge is -2.12. The van der Waals surface area contributed by atoms with E-state index in [0.29, 0.717) is 18.7 Å². The number of amides is 1. The highest BCUT2D eigenvalue weighted by atomic mass is 16.1. The number of nitrogen functional groups attached to an aromatic ring is 1. The fourth-order valence-corrected chi connectivity index (χ4v) is 1.39. The van der Waals surface area contributed by atoms with E-state index in [2.05, 4.69) is 11.2 Å². The number of hydrogen-bond acceptors (Lipinski definition) is 2. The molecule has 1 amide bonds. The molecule has 84 valence electrons. The second kappa shape index (κ2) is 5.82. The Hall–Kier alpha value is -1.95. The largest absolute Gasteiger partial charge is 0.399 e. The molecule has 0 aliphatic carbocycles. The lowest BCUT2D eigenvalue weighted by atomic mass is 10.00. The summed E-state index contributed by atoms with van der Waals surface area (Å²) in [6.07, 6.45) is 5.65. The predicted octanol–water partition coefficient (Wildman–Crippen LogP) is 1.51. The van der Waals surface area contributed by atoms with Gasteiger partial charge in [0.2, 0.25) is 5.91 Å². The van der Waals surface area contributed by atoms with E-state index in [1.807, 2.05) is 25.1 Å². The normalized spacial score (nSPS) is 11.5. The van der Waals surface area contributed by atoms with Crippen molar-refractivity contribution >= 4 is 11.6 Å². The average Bonchev–Trinajstić information content (AvgIpc) is 2.28. The maximum absolute atomic E-state index is 11.7. The van der Waals surface area contributed by atoms with Crippen LogP contribution in [0.5, 0.6) is 0 Å². The Labute approximate surface area is 96.0 Å². The fourth-order valence-electron chi connectivity index (χ4n) is 1.39. The average molecular weight is 216 g/mol. The summed E-state index contributed by atoms with van der Waals surface area (Å²) < 4.78 is 0. The van der Waals surface area contributed by atoms with Gasteiger partial charge in [-0.3, -0.25) is 4.79 Å². The zero-order chi connectivity index (χ0) is 12.0. The summed E-state index contributed by atoms with van der Waals surface area (Å²) in [5.41, 5.74) is 7.24. The van der Waals surface area contributed by atoms with Crippen molar-refractivity contribution in [3.63, 3.8) is 0 Å².